The van der Waals surface area contributed by atoms with Crippen molar-refractivity contribution in [2.75, 3.05) is 0 Å². The van der Waals surface area contributed by atoms with Gasteiger partial charge >= 0.3 is 0 Å². The first-order chi connectivity index (χ1) is 5.97. The van der Waals surface area contributed by atoms with E-state index in [4.69, 9.17) is 0 Å². The van der Waals surface area contributed by atoms with Crippen molar-refractivity contribution in [1.29, 1.82) is 0 Å². The number of hydrogen-bond acceptors (Lipinski definition) is 2. The molecule has 0 amide bonds. The minimum Gasteiger partial charge on any atom is -0.870 e. The Morgan fingerprint density at radius 2 is 0.688 bits per heavy atom. The Balaban J connectivity index is -0.000000422. The molecule has 90 valence electrons. The van der Waals surface area contributed by atoms with E-state index >= 15 is 0 Å². The van der Waals surface area contributed by atoms with Gasteiger partial charge in [-0.25, -0.2) is 0 Å². The van der Waals surface area contributed by atoms with E-state index < -0.39 is 0 Å². The van der Waals surface area contributed by atoms with E-state index in [-0.39, 0.29) is 37.9 Å². The van der Waals surface area contributed by atoms with Gasteiger partial charge in [0.05, 0.1) is 0 Å². The molecule has 0 aromatic heterocycles. The van der Waals surface area contributed by atoms with Gasteiger partial charge in [-0.2, -0.15) is 0 Å². The van der Waals surface area contributed by atoms with Gasteiger partial charge in [0.15, 0.2) is 0 Å². The van der Waals surface area contributed by atoms with Crippen LogP contribution in [0.25, 0.3) is 11.1 Å². The van der Waals surface area contributed by atoms with Crippen LogP contribution in [0.5, 0.6) is 0 Å². The summed E-state index contributed by atoms with van der Waals surface area (Å²) >= 11 is 0. The lowest BCUT2D eigenvalue weighted by Crippen LogP contribution is -1.73. The van der Waals surface area contributed by atoms with Gasteiger partial charge in [0.1, 0.15) is 0 Å². The van der Waals surface area contributed by atoms with Crippen LogP contribution >= 0.6 is 0 Å². The Labute approximate surface area is 110 Å². The average Bonchev–Trinajstić information content (AvgIpc) is 2.21. The molecule has 0 fully saturated rings. The van der Waals surface area contributed by atoms with Crippen LogP contribution in [-0.2, 0) is 27.0 Å². The molecule has 0 heterocycles. The molecule has 0 spiro atoms. The topological polar surface area (TPSA) is 60.0 Å². The van der Waals surface area contributed by atoms with Gasteiger partial charge < -0.3 is 11.0 Å². The number of hydrogen-bond donors (Lipinski definition) is 0. The zero-order valence-corrected chi connectivity index (χ0v) is 11.1. The number of rotatable bonds is 1. The Bertz CT molecular complexity index is 314. The van der Waals surface area contributed by atoms with Crippen LogP contribution in [0, 0.1) is 0 Å². The van der Waals surface area contributed by atoms with Crippen molar-refractivity contribution in [3.8, 4) is 11.1 Å². The summed E-state index contributed by atoms with van der Waals surface area (Å²) in [7, 11) is 0. The SMILES string of the molecule is [OH-].[OH-].[SH3+].[SH3+].c1ccc(-c2ccccc2)cc1. The van der Waals surface area contributed by atoms with Crippen molar-refractivity contribution >= 4 is 27.0 Å². The van der Waals surface area contributed by atoms with Crippen molar-refractivity contribution in [3.05, 3.63) is 60.7 Å². The molecule has 2 nitrogen and oxygen atoms in total. The van der Waals surface area contributed by atoms with Crippen molar-refractivity contribution in [2.45, 2.75) is 0 Å². The predicted molar refractivity (Wildman–Crippen MR) is 78.8 cm³/mol. The highest BCUT2D eigenvalue weighted by Gasteiger charge is 1.91. The van der Waals surface area contributed by atoms with Gasteiger partial charge in [-0.05, 0) is 11.1 Å². The molecule has 0 aliphatic heterocycles. The third kappa shape index (κ3) is 5.23. The first-order valence-electron chi connectivity index (χ1n) is 4.07. The lowest BCUT2D eigenvalue weighted by molar-refractivity contribution is 0.823. The summed E-state index contributed by atoms with van der Waals surface area (Å²) in [5, 5.41) is 0. The molecule has 0 bridgehead atoms. The summed E-state index contributed by atoms with van der Waals surface area (Å²) in [4.78, 5) is 0. The summed E-state index contributed by atoms with van der Waals surface area (Å²) in [5.74, 6) is 0. The third-order valence-electron chi connectivity index (χ3n) is 1.88. The molecule has 0 radical (unpaired) electrons. The van der Waals surface area contributed by atoms with Crippen LogP contribution in [0.15, 0.2) is 60.7 Å². The summed E-state index contributed by atoms with van der Waals surface area (Å²) in [6.07, 6.45) is 0. The minimum atomic E-state index is 0. The van der Waals surface area contributed by atoms with Crippen molar-refractivity contribution < 1.29 is 11.0 Å². The fraction of sp³-hybridized carbons (Fsp3) is 0. The Morgan fingerprint density at radius 3 is 0.938 bits per heavy atom. The largest absolute Gasteiger partial charge is 0.870 e. The first kappa shape index (κ1) is 20.5. The number of benzene rings is 2. The van der Waals surface area contributed by atoms with E-state index in [2.05, 4.69) is 48.5 Å². The fourth-order valence-corrected chi connectivity index (χ4v) is 1.26. The van der Waals surface area contributed by atoms with Crippen LogP contribution in [0.1, 0.15) is 0 Å². The molecule has 0 unspecified atom stereocenters. The van der Waals surface area contributed by atoms with E-state index in [9.17, 15) is 0 Å². The molecule has 0 atom stereocenters. The van der Waals surface area contributed by atoms with E-state index in [0.717, 1.165) is 0 Å². The molecule has 0 saturated carbocycles. The highest BCUT2D eigenvalue weighted by atomic mass is 32.1. The molecule has 0 aliphatic rings. The molecule has 2 aromatic carbocycles. The van der Waals surface area contributed by atoms with Gasteiger partial charge in [0.25, 0.3) is 0 Å². The average molecular weight is 258 g/mol. The van der Waals surface area contributed by atoms with E-state index in [1.165, 1.54) is 11.1 Å². The molecule has 0 saturated heterocycles. The normalized spacial score (nSPS) is 7.25. The van der Waals surface area contributed by atoms with Crippen LogP contribution in [-0.4, -0.2) is 11.0 Å². The maximum Gasteiger partial charge on any atom is -0.0184 e. The van der Waals surface area contributed by atoms with Gasteiger partial charge in [0.2, 0.25) is 0 Å². The third-order valence-corrected chi connectivity index (χ3v) is 1.88. The second-order valence-corrected chi connectivity index (χ2v) is 2.73. The second-order valence-electron chi connectivity index (χ2n) is 2.73. The minimum absolute atomic E-state index is 0. The molecule has 2 aromatic rings. The van der Waals surface area contributed by atoms with Crippen LogP contribution in [0.4, 0.5) is 0 Å². The van der Waals surface area contributed by atoms with Crippen LogP contribution in [0.3, 0.4) is 0 Å². The summed E-state index contributed by atoms with van der Waals surface area (Å²) in [6.45, 7) is 0. The maximum atomic E-state index is 2.12. The molecule has 2 rings (SSSR count). The van der Waals surface area contributed by atoms with Crippen LogP contribution < -0.4 is 0 Å². The van der Waals surface area contributed by atoms with Crippen LogP contribution in [0.2, 0.25) is 0 Å². The molecular weight excluding hydrogens is 240 g/mol. The molecule has 2 N–H and O–H groups in total. The van der Waals surface area contributed by atoms with Gasteiger partial charge in [-0.3, -0.25) is 0 Å². The quantitative estimate of drug-likeness (QED) is 0.726. The first-order valence-corrected chi connectivity index (χ1v) is 4.07. The molecular formula is C12H18O2S2. The van der Waals surface area contributed by atoms with Gasteiger partial charge in [-0.1, -0.05) is 87.7 Å². The predicted octanol–water partition coefficient (Wildman–Crippen LogP) is 1.39. The zero-order valence-electron chi connectivity index (χ0n) is 8.82. The van der Waals surface area contributed by atoms with E-state index in [1.54, 1.807) is 0 Å². The van der Waals surface area contributed by atoms with Gasteiger partial charge in [-0.15, -0.1) is 0 Å². The van der Waals surface area contributed by atoms with E-state index in [1.807, 2.05) is 12.1 Å². The summed E-state index contributed by atoms with van der Waals surface area (Å²) < 4.78 is 0. The lowest BCUT2D eigenvalue weighted by Gasteiger charge is -1.98. The van der Waals surface area contributed by atoms with Crippen molar-refractivity contribution in [3.63, 3.8) is 0 Å². The summed E-state index contributed by atoms with van der Waals surface area (Å²) in [6, 6.07) is 20.8. The zero-order chi connectivity index (χ0) is 8.23. The maximum absolute atomic E-state index is 2.12. The molecule has 0 aliphatic carbocycles. The molecule has 16 heavy (non-hydrogen) atoms. The highest BCUT2D eigenvalue weighted by Crippen LogP contribution is 2.17. The monoisotopic (exact) mass is 258 g/mol. The smallest absolute Gasteiger partial charge is 0.0184 e. The lowest BCUT2D eigenvalue weighted by atomic mass is 10.1. The summed E-state index contributed by atoms with van der Waals surface area (Å²) in [5.41, 5.74) is 2.55. The fourth-order valence-electron chi connectivity index (χ4n) is 1.26. The Morgan fingerprint density at radius 1 is 0.438 bits per heavy atom. The molecule has 4 heteroatoms. The van der Waals surface area contributed by atoms with Crippen molar-refractivity contribution in [2.24, 2.45) is 0 Å². The van der Waals surface area contributed by atoms with E-state index in [0.29, 0.717) is 0 Å². The second kappa shape index (κ2) is 10.6. The highest BCUT2D eigenvalue weighted by molar-refractivity contribution is 7.37. The Hall–Kier alpha value is -0.940. The Kier molecular flexibility index (Phi) is 13.5. The van der Waals surface area contributed by atoms with Gasteiger partial charge in [0, 0.05) is 0 Å². The standard InChI is InChI=1S/C12H10.2H2O.2H2S/c1-3-7-11(8-4-1)12-9-5-2-6-10-12;;;;/h1-10H;4*1H2. The van der Waals surface area contributed by atoms with Crippen molar-refractivity contribution in [1.82, 2.24) is 0 Å².